The Kier molecular flexibility index (Phi) is 2.34. The van der Waals surface area contributed by atoms with Crippen molar-refractivity contribution in [1.29, 1.82) is 0 Å². The van der Waals surface area contributed by atoms with Crippen LogP contribution in [0.1, 0.15) is 31.2 Å². The highest BCUT2D eigenvalue weighted by Gasteiger charge is 2.11. The summed E-state index contributed by atoms with van der Waals surface area (Å²) in [7, 11) is 1.94. The van der Waals surface area contributed by atoms with Crippen LogP contribution in [0.25, 0.3) is 11.3 Å². The monoisotopic (exact) mass is 204 g/mol. The van der Waals surface area contributed by atoms with E-state index in [0.29, 0.717) is 5.92 Å². The number of H-pyrrole nitrogens is 1. The summed E-state index contributed by atoms with van der Waals surface area (Å²) >= 11 is 0. The standard InChI is InChI=1S/C11H16N4/c1-7(2)10-5-11(14-13-10)9-6-12-15(4)8(9)3/h5-7H,1-4H3,(H,13,14). The Morgan fingerprint density at radius 3 is 2.60 bits per heavy atom. The maximum atomic E-state index is 4.30. The van der Waals surface area contributed by atoms with Gasteiger partial charge in [0, 0.05) is 24.0 Å². The van der Waals surface area contributed by atoms with E-state index < -0.39 is 0 Å². The number of nitrogens with zero attached hydrogens (tertiary/aromatic N) is 3. The lowest BCUT2D eigenvalue weighted by molar-refractivity contribution is 0.740. The fourth-order valence-electron chi connectivity index (χ4n) is 1.52. The third-order valence-corrected chi connectivity index (χ3v) is 2.73. The third-order valence-electron chi connectivity index (χ3n) is 2.73. The molecule has 0 unspecified atom stereocenters. The molecule has 0 bridgehead atoms. The van der Waals surface area contributed by atoms with Crippen molar-refractivity contribution < 1.29 is 0 Å². The highest BCUT2D eigenvalue weighted by atomic mass is 15.3. The van der Waals surface area contributed by atoms with Gasteiger partial charge in [-0.15, -0.1) is 0 Å². The largest absolute Gasteiger partial charge is 0.282 e. The molecule has 15 heavy (non-hydrogen) atoms. The number of aromatic amines is 1. The van der Waals surface area contributed by atoms with Gasteiger partial charge in [-0.05, 0) is 18.9 Å². The van der Waals surface area contributed by atoms with Crippen LogP contribution in [-0.2, 0) is 7.05 Å². The number of aryl methyl sites for hydroxylation is 1. The highest BCUT2D eigenvalue weighted by Crippen LogP contribution is 2.23. The van der Waals surface area contributed by atoms with E-state index in [2.05, 4.69) is 35.2 Å². The minimum Gasteiger partial charge on any atom is -0.282 e. The van der Waals surface area contributed by atoms with Crippen LogP contribution in [-0.4, -0.2) is 20.0 Å². The first kappa shape index (κ1) is 9.96. The topological polar surface area (TPSA) is 46.5 Å². The molecule has 1 N–H and O–H groups in total. The van der Waals surface area contributed by atoms with Gasteiger partial charge in [0.05, 0.1) is 11.9 Å². The average molecular weight is 204 g/mol. The predicted octanol–water partition coefficient (Wildman–Crippen LogP) is 2.24. The van der Waals surface area contributed by atoms with E-state index in [1.54, 1.807) is 0 Å². The van der Waals surface area contributed by atoms with E-state index in [4.69, 9.17) is 0 Å². The second-order valence-electron chi connectivity index (χ2n) is 4.13. The summed E-state index contributed by atoms with van der Waals surface area (Å²) < 4.78 is 1.86. The SMILES string of the molecule is Cc1c(-c2cc(C(C)C)[nH]n2)cnn1C. The van der Waals surface area contributed by atoms with Crippen molar-refractivity contribution in [3.8, 4) is 11.3 Å². The van der Waals surface area contributed by atoms with E-state index in [1.165, 1.54) is 0 Å². The molecule has 2 rings (SSSR count). The Labute approximate surface area is 89.3 Å². The maximum absolute atomic E-state index is 4.30. The molecule has 2 aromatic heterocycles. The summed E-state index contributed by atoms with van der Waals surface area (Å²) in [4.78, 5) is 0. The van der Waals surface area contributed by atoms with Gasteiger partial charge >= 0.3 is 0 Å². The molecule has 0 amide bonds. The zero-order chi connectivity index (χ0) is 11.0. The van der Waals surface area contributed by atoms with Crippen molar-refractivity contribution in [3.63, 3.8) is 0 Å². The molecule has 0 aliphatic rings. The molecule has 4 heteroatoms. The summed E-state index contributed by atoms with van der Waals surface area (Å²) in [6.45, 7) is 6.34. The number of rotatable bonds is 2. The van der Waals surface area contributed by atoms with Gasteiger partial charge < -0.3 is 0 Å². The molecule has 0 spiro atoms. The van der Waals surface area contributed by atoms with E-state index in [9.17, 15) is 0 Å². The van der Waals surface area contributed by atoms with Crippen LogP contribution in [0, 0.1) is 6.92 Å². The molecule has 0 fully saturated rings. The van der Waals surface area contributed by atoms with Crippen LogP contribution in [0.15, 0.2) is 12.3 Å². The molecule has 2 aromatic rings. The highest BCUT2D eigenvalue weighted by molar-refractivity contribution is 5.61. The van der Waals surface area contributed by atoms with Crippen LogP contribution >= 0.6 is 0 Å². The van der Waals surface area contributed by atoms with Crippen LogP contribution in [0.5, 0.6) is 0 Å². The van der Waals surface area contributed by atoms with Crippen molar-refractivity contribution in [2.24, 2.45) is 7.05 Å². The molecule has 0 saturated carbocycles. The van der Waals surface area contributed by atoms with Crippen molar-refractivity contribution in [1.82, 2.24) is 20.0 Å². The molecule has 4 nitrogen and oxygen atoms in total. The molecule has 80 valence electrons. The average Bonchev–Trinajstić information content (AvgIpc) is 2.76. The van der Waals surface area contributed by atoms with Gasteiger partial charge in [-0.2, -0.15) is 10.2 Å². The quantitative estimate of drug-likeness (QED) is 0.815. The fourth-order valence-corrected chi connectivity index (χ4v) is 1.52. The Balaban J connectivity index is 2.41. The molecule has 2 heterocycles. The minimum atomic E-state index is 0.475. The summed E-state index contributed by atoms with van der Waals surface area (Å²) in [5.41, 5.74) is 4.37. The van der Waals surface area contributed by atoms with E-state index in [0.717, 1.165) is 22.6 Å². The van der Waals surface area contributed by atoms with Gasteiger partial charge in [0.15, 0.2) is 0 Å². The first-order chi connectivity index (χ1) is 7.09. The zero-order valence-electron chi connectivity index (χ0n) is 9.57. The molecule has 0 aliphatic heterocycles. The summed E-state index contributed by atoms with van der Waals surface area (Å²) in [5, 5.41) is 11.6. The molecule has 0 atom stereocenters. The molecular weight excluding hydrogens is 188 g/mol. The van der Waals surface area contributed by atoms with Crippen molar-refractivity contribution >= 4 is 0 Å². The molecule has 0 radical (unpaired) electrons. The van der Waals surface area contributed by atoms with Crippen molar-refractivity contribution in [3.05, 3.63) is 23.7 Å². The van der Waals surface area contributed by atoms with Gasteiger partial charge in [-0.1, -0.05) is 13.8 Å². The lowest BCUT2D eigenvalue weighted by atomic mass is 10.1. The lowest BCUT2D eigenvalue weighted by Crippen LogP contribution is -1.92. The first-order valence-electron chi connectivity index (χ1n) is 5.14. The van der Waals surface area contributed by atoms with Crippen molar-refractivity contribution in [2.75, 3.05) is 0 Å². The van der Waals surface area contributed by atoms with Gasteiger partial charge in [0.25, 0.3) is 0 Å². The number of hydrogen-bond donors (Lipinski definition) is 1. The Morgan fingerprint density at radius 1 is 1.40 bits per heavy atom. The number of nitrogens with one attached hydrogen (secondary N) is 1. The third kappa shape index (κ3) is 1.67. The number of hydrogen-bond acceptors (Lipinski definition) is 2. The second-order valence-corrected chi connectivity index (χ2v) is 4.13. The lowest BCUT2D eigenvalue weighted by Gasteiger charge is -1.97. The van der Waals surface area contributed by atoms with Gasteiger partial charge in [-0.3, -0.25) is 9.78 Å². The molecule has 0 aromatic carbocycles. The summed E-state index contributed by atoms with van der Waals surface area (Å²) in [5.74, 6) is 0.475. The van der Waals surface area contributed by atoms with Crippen molar-refractivity contribution in [2.45, 2.75) is 26.7 Å². The van der Waals surface area contributed by atoms with Gasteiger partial charge in [-0.25, -0.2) is 0 Å². The summed E-state index contributed by atoms with van der Waals surface area (Å²) in [6, 6.07) is 2.09. The molecule has 0 saturated heterocycles. The first-order valence-corrected chi connectivity index (χ1v) is 5.14. The van der Waals surface area contributed by atoms with E-state index >= 15 is 0 Å². The normalized spacial score (nSPS) is 11.3. The van der Waals surface area contributed by atoms with Gasteiger partial charge in [0.1, 0.15) is 0 Å². The smallest absolute Gasteiger partial charge is 0.0957 e. The van der Waals surface area contributed by atoms with Crippen LogP contribution in [0.4, 0.5) is 0 Å². The zero-order valence-corrected chi connectivity index (χ0v) is 9.57. The Morgan fingerprint density at radius 2 is 2.13 bits per heavy atom. The molecular formula is C11H16N4. The van der Waals surface area contributed by atoms with Crippen LogP contribution < -0.4 is 0 Å². The minimum absolute atomic E-state index is 0.475. The predicted molar refractivity (Wildman–Crippen MR) is 59.6 cm³/mol. The second kappa shape index (κ2) is 3.53. The fraction of sp³-hybridized carbons (Fsp3) is 0.455. The summed E-state index contributed by atoms with van der Waals surface area (Å²) in [6.07, 6.45) is 1.86. The Hall–Kier alpha value is -1.58. The van der Waals surface area contributed by atoms with Crippen LogP contribution in [0.2, 0.25) is 0 Å². The Bertz CT molecular complexity index is 465. The number of aromatic nitrogens is 4. The van der Waals surface area contributed by atoms with E-state index in [-0.39, 0.29) is 0 Å². The maximum Gasteiger partial charge on any atom is 0.0957 e. The van der Waals surface area contributed by atoms with E-state index in [1.807, 2.05) is 24.9 Å². The molecule has 0 aliphatic carbocycles. The van der Waals surface area contributed by atoms with Gasteiger partial charge in [0.2, 0.25) is 0 Å². The van der Waals surface area contributed by atoms with Crippen LogP contribution in [0.3, 0.4) is 0 Å².